The third kappa shape index (κ3) is 3.49. The predicted octanol–water partition coefficient (Wildman–Crippen LogP) is 1.39. The number of amides is 1. The minimum Gasteiger partial charge on any atom is -0.354 e. The summed E-state index contributed by atoms with van der Waals surface area (Å²) in [6.07, 6.45) is -0.566. The van der Waals surface area contributed by atoms with E-state index in [0.29, 0.717) is 0 Å². The highest BCUT2D eigenvalue weighted by molar-refractivity contribution is 7.17. The normalized spacial score (nSPS) is 12.4. The number of rotatable bonds is 6. The van der Waals surface area contributed by atoms with E-state index in [1.165, 1.54) is 26.4 Å². The average molecular weight is 274 g/mol. The smallest absolute Gasteiger partial charge is 0.324 e. The van der Waals surface area contributed by atoms with Crippen LogP contribution in [0.1, 0.15) is 16.6 Å². The minimum atomic E-state index is -0.566. The SMILES string of the molecule is COC(OC)C(C)NC(=O)c1ccc([N+](=O)[O-])s1. The molecule has 0 aliphatic rings. The van der Waals surface area contributed by atoms with Gasteiger partial charge in [0.15, 0.2) is 6.29 Å². The summed E-state index contributed by atoms with van der Waals surface area (Å²) >= 11 is 0.825. The Morgan fingerprint density at radius 2 is 2.06 bits per heavy atom. The molecule has 100 valence electrons. The van der Waals surface area contributed by atoms with E-state index in [2.05, 4.69) is 5.32 Å². The summed E-state index contributed by atoms with van der Waals surface area (Å²) in [5.74, 6) is -0.389. The van der Waals surface area contributed by atoms with Gasteiger partial charge in [0.1, 0.15) is 0 Å². The standard InChI is InChI=1S/C10H14N2O5S/c1-6(10(16-2)17-3)11-9(13)7-4-5-8(18-7)12(14)15/h4-6,10H,1-3H3,(H,11,13). The number of hydrogen-bond acceptors (Lipinski definition) is 6. The lowest BCUT2D eigenvalue weighted by molar-refractivity contribution is -0.380. The number of hydrogen-bond donors (Lipinski definition) is 1. The number of nitro groups is 1. The van der Waals surface area contributed by atoms with Gasteiger partial charge in [-0.05, 0) is 13.0 Å². The van der Waals surface area contributed by atoms with Crippen LogP contribution >= 0.6 is 11.3 Å². The van der Waals surface area contributed by atoms with Crippen molar-refractivity contribution in [2.24, 2.45) is 0 Å². The Morgan fingerprint density at radius 3 is 2.50 bits per heavy atom. The highest BCUT2D eigenvalue weighted by atomic mass is 32.1. The third-order valence-corrected chi connectivity index (χ3v) is 3.26. The fraction of sp³-hybridized carbons (Fsp3) is 0.500. The van der Waals surface area contributed by atoms with Crippen molar-refractivity contribution in [3.63, 3.8) is 0 Å². The minimum absolute atomic E-state index is 0.0668. The fourth-order valence-corrected chi connectivity index (χ4v) is 2.12. The molecule has 1 aromatic heterocycles. The molecule has 0 aliphatic carbocycles. The summed E-state index contributed by atoms with van der Waals surface area (Å²) in [7, 11) is 2.93. The Bertz CT molecular complexity index is 430. The maximum Gasteiger partial charge on any atom is 0.324 e. The second-order valence-corrected chi connectivity index (χ2v) is 4.56. The molecule has 1 N–H and O–H groups in total. The largest absolute Gasteiger partial charge is 0.354 e. The highest BCUT2D eigenvalue weighted by Crippen LogP contribution is 2.23. The van der Waals surface area contributed by atoms with Gasteiger partial charge in [-0.15, -0.1) is 0 Å². The van der Waals surface area contributed by atoms with Gasteiger partial charge in [-0.3, -0.25) is 14.9 Å². The van der Waals surface area contributed by atoms with Crippen LogP contribution in [-0.4, -0.2) is 37.4 Å². The van der Waals surface area contributed by atoms with Crippen LogP contribution in [-0.2, 0) is 9.47 Å². The van der Waals surface area contributed by atoms with Crippen LogP contribution in [0, 0.1) is 10.1 Å². The molecule has 0 aliphatic heterocycles. The summed E-state index contributed by atoms with van der Waals surface area (Å²) in [6.45, 7) is 1.72. The van der Waals surface area contributed by atoms with Crippen molar-refractivity contribution >= 4 is 22.2 Å². The van der Waals surface area contributed by atoms with Crippen molar-refractivity contribution in [2.45, 2.75) is 19.3 Å². The van der Waals surface area contributed by atoms with E-state index in [4.69, 9.17) is 9.47 Å². The molecule has 0 saturated carbocycles. The van der Waals surface area contributed by atoms with E-state index >= 15 is 0 Å². The van der Waals surface area contributed by atoms with Crippen molar-refractivity contribution in [2.75, 3.05) is 14.2 Å². The number of methoxy groups -OCH3 is 2. The number of ether oxygens (including phenoxy) is 2. The molecule has 1 amide bonds. The van der Waals surface area contributed by atoms with Crippen molar-refractivity contribution in [1.29, 1.82) is 0 Å². The Kier molecular flexibility index (Phi) is 5.20. The number of nitrogens with zero attached hydrogens (tertiary/aromatic N) is 1. The van der Waals surface area contributed by atoms with Crippen LogP contribution in [0.15, 0.2) is 12.1 Å². The van der Waals surface area contributed by atoms with Gasteiger partial charge in [-0.25, -0.2) is 0 Å². The van der Waals surface area contributed by atoms with E-state index in [9.17, 15) is 14.9 Å². The van der Waals surface area contributed by atoms with Crippen LogP contribution in [0.5, 0.6) is 0 Å². The Labute approximate surface area is 108 Å². The summed E-state index contributed by atoms with van der Waals surface area (Å²) < 4.78 is 10.00. The quantitative estimate of drug-likeness (QED) is 0.481. The molecule has 0 radical (unpaired) electrons. The topological polar surface area (TPSA) is 90.7 Å². The first-order valence-corrected chi connectivity index (χ1v) is 5.92. The van der Waals surface area contributed by atoms with Gasteiger partial charge >= 0.3 is 5.00 Å². The molecule has 1 rings (SSSR count). The maximum atomic E-state index is 11.8. The molecule has 1 aromatic rings. The Hall–Kier alpha value is -1.51. The van der Waals surface area contributed by atoms with Crippen LogP contribution in [0.4, 0.5) is 5.00 Å². The van der Waals surface area contributed by atoms with Crippen molar-refractivity contribution in [1.82, 2.24) is 5.32 Å². The van der Waals surface area contributed by atoms with Gasteiger partial charge in [0.2, 0.25) is 0 Å². The summed E-state index contributed by atoms with van der Waals surface area (Å²) in [4.78, 5) is 22.0. The van der Waals surface area contributed by atoms with Gasteiger partial charge in [-0.1, -0.05) is 11.3 Å². The monoisotopic (exact) mass is 274 g/mol. The molecule has 1 atom stereocenters. The first kappa shape index (κ1) is 14.6. The fourth-order valence-electron chi connectivity index (χ4n) is 1.40. The molecule has 1 unspecified atom stereocenters. The van der Waals surface area contributed by atoms with Gasteiger partial charge in [0, 0.05) is 20.3 Å². The lowest BCUT2D eigenvalue weighted by atomic mass is 10.3. The van der Waals surface area contributed by atoms with Gasteiger partial charge in [0.25, 0.3) is 5.91 Å². The van der Waals surface area contributed by atoms with Crippen LogP contribution < -0.4 is 5.32 Å². The zero-order valence-electron chi connectivity index (χ0n) is 10.2. The van der Waals surface area contributed by atoms with E-state index < -0.39 is 11.2 Å². The van der Waals surface area contributed by atoms with Gasteiger partial charge < -0.3 is 14.8 Å². The third-order valence-electron chi connectivity index (χ3n) is 2.23. The molecule has 0 saturated heterocycles. The van der Waals surface area contributed by atoms with Gasteiger partial charge in [0.05, 0.1) is 15.8 Å². The van der Waals surface area contributed by atoms with Crippen LogP contribution in [0.2, 0.25) is 0 Å². The summed E-state index contributed by atoms with van der Waals surface area (Å²) in [5.41, 5.74) is 0. The van der Waals surface area contributed by atoms with Crippen molar-refractivity contribution in [3.05, 3.63) is 27.1 Å². The first-order valence-electron chi connectivity index (χ1n) is 5.10. The summed E-state index contributed by atoms with van der Waals surface area (Å²) in [5, 5.41) is 13.1. The Morgan fingerprint density at radius 1 is 1.44 bits per heavy atom. The zero-order chi connectivity index (χ0) is 13.7. The van der Waals surface area contributed by atoms with E-state index in [0.717, 1.165) is 11.3 Å². The van der Waals surface area contributed by atoms with E-state index in [-0.39, 0.29) is 21.8 Å². The number of carbonyl (C=O) groups is 1. The predicted molar refractivity (Wildman–Crippen MR) is 65.7 cm³/mol. The summed E-state index contributed by atoms with van der Waals surface area (Å²) in [6, 6.07) is 2.35. The zero-order valence-corrected chi connectivity index (χ0v) is 11.0. The Balaban J connectivity index is 2.67. The molecule has 0 fully saturated rings. The average Bonchev–Trinajstić information content (AvgIpc) is 2.79. The maximum absolute atomic E-state index is 11.8. The number of nitrogens with one attached hydrogen (secondary N) is 1. The van der Waals surface area contributed by atoms with Crippen molar-refractivity contribution in [3.8, 4) is 0 Å². The van der Waals surface area contributed by atoms with Gasteiger partial charge in [-0.2, -0.15) is 0 Å². The molecule has 18 heavy (non-hydrogen) atoms. The molecular weight excluding hydrogens is 260 g/mol. The second kappa shape index (κ2) is 6.43. The van der Waals surface area contributed by atoms with Crippen molar-refractivity contribution < 1.29 is 19.2 Å². The molecule has 8 heteroatoms. The lowest BCUT2D eigenvalue weighted by Crippen LogP contribution is -2.42. The molecule has 0 spiro atoms. The molecule has 0 aromatic carbocycles. The van der Waals surface area contributed by atoms with E-state index in [1.54, 1.807) is 6.92 Å². The molecule has 1 heterocycles. The molecule has 7 nitrogen and oxygen atoms in total. The van der Waals surface area contributed by atoms with E-state index in [1.807, 2.05) is 0 Å². The number of carbonyl (C=O) groups excluding carboxylic acids is 1. The lowest BCUT2D eigenvalue weighted by Gasteiger charge is -2.21. The van der Waals surface area contributed by atoms with Crippen LogP contribution in [0.25, 0.3) is 0 Å². The second-order valence-electron chi connectivity index (χ2n) is 3.50. The highest BCUT2D eigenvalue weighted by Gasteiger charge is 2.21. The molecular formula is C10H14N2O5S. The molecule has 0 bridgehead atoms. The number of thiophene rings is 1. The van der Waals surface area contributed by atoms with Crippen LogP contribution in [0.3, 0.4) is 0 Å². The first-order chi connectivity index (χ1) is 8.49.